The molecule has 0 atom stereocenters. The van der Waals surface area contributed by atoms with Crippen LogP contribution in [0.1, 0.15) is 23.2 Å². The molecule has 0 radical (unpaired) electrons. The first-order chi connectivity index (χ1) is 9.99. The molecule has 1 N–H and O–H groups in total. The zero-order valence-electron chi connectivity index (χ0n) is 11.2. The van der Waals surface area contributed by atoms with Crippen LogP contribution in [0.3, 0.4) is 0 Å². The molecule has 1 fully saturated rings. The van der Waals surface area contributed by atoms with E-state index in [1.54, 1.807) is 0 Å². The number of benzene rings is 1. The Labute approximate surface area is 120 Å². The summed E-state index contributed by atoms with van der Waals surface area (Å²) in [5.74, 6) is -3.52. The van der Waals surface area contributed by atoms with Crippen molar-refractivity contribution in [2.45, 2.75) is 18.9 Å². The van der Waals surface area contributed by atoms with Crippen LogP contribution < -0.4 is 0 Å². The maximum Gasteiger partial charge on any atom is 0.329 e. The van der Waals surface area contributed by atoms with Crippen LogP contribution in [0.2, 0.25) is 0 Å². The minimum atomic E-state index is -1.05. The van der Waals surface area contributed by atoms with Gasteiger partial charge in [-0.15, -0.1) is 0 Å². The zero-order chi connectivity index (χ0) is 15.4. The van der Waals surface area contributed by atoms with Crippen LogP contribution in [-0.2, 0) is 9.53 Å². The van der Waals surface area contributed by atoms with Gasteiger partial charge in [0, 0.05) is 13.1 Å². The zero-order valence-corrected chi connectivity index (χ0v) is 11.2. The summed E-state index contributed by atoms with van der Waals surface area (Å²) >= 11 is 0. The van der Waals surface area contributed by atoms with Gasteiger partial charge in [-0.1, -0.05) is 6.07 Å². The van der Waals surface area contributed by atoms with Gasteiger partial charge in [-0.25, -0.2) is 13.6 Å². The Hall–Kier alpha value is -2.02. The summed E-state index contributed by atoms with van der Waals surface area (Å²) < 4.78 is 32.3. The number of ether oxygens (including phenoxy) is 1. The molecule has 1 amide bonds. The fourth-order valence-electron chi connectivity index (χ4n) is 2.27. The fourth-order valence-corrected chi connectivity index (χ4v) is 2.27. The van der Waals surface area contributed by atoms with Crippen LogP contribution in [0.15, 0.2) is 18.2 Å². The molecule has 1 aromatic carbocycles. The fraction of sp³-hybridized carbons (Fsp3) is 0.429. The van der Waals surface area contributed by atoms with Crippen molar-refractivity contribution in [3.05, 3.63) is 35.4 Å². The van der Waals surface area contributed by atoms with Gasteiger partial charge in [-0.05, 0) is 25.0 Å². The Kier molecular flexibility index (Phi) is 4.85. The Morgan fingerprint density at radius 1 is 1.24 bits per heavy atom. The van der Waals surface area contributed by atoms with Crippen LogP contribution in [-0.4, -0.2) is 47.7 Å². The van der Waals surface area contributed by atoms with E-state index >= 15 is 0 Å². The number of halogens is 2. The minimum absolute atomic E-state index is 0.254. The molecule has 5 nitrogen and oxygen atoms in total. The van der Waals surface area contributed by atoms with Crippen molar-refractivity contribution in [3.8, 4) is 0 Å². The predicted octanol–water partition coefficient (Wildman–Crippen LogP) is 1.67. The molecule has 7 heteroatoms. The number of amides is 1. The standard InChI is InChI=1S/C14H15F2NO4/c15-10-2-1-3-11(16)13(10)14(20)17-6-4-9(5-7-17)21-8-12(18)19/h1-3,9H,4-8H2,(H,18,19). The van der Waals surface area contributed by atoms with E-state index in [2.05, 4.69) is 0 Å². The highest BCUT2D eigenvalue weighted by atomic mass is 19.1. The lowest BCUT2D eigenvalue weighted by Crippen LogP contribution is -2.41. The highest BCUT2D eigenvalue weighted by Gasteiger charge is 2.27. The number of piperidine rings is 1. The summed E-state index contributed by atoms with van der Waals surface area (Å²) in [6.07, 6.45) is 0.625. The van der Waals surface area contributed by atoms with Crippen molar-refractivity contribution in [1.82, 2.24) is 4.90 Å². The van der Waals surface area contributed by atoms with Gasteiger partial charge in [0.15, 0.2) is 0 Å². The second-order valence-electron chi connectivity index (χ2n) is 4.79. The number of hydrogen-bond acceptors (Lipinski definition) is 3. The van der Waals surface area contributed by atoms with Gasteiger partial charge in [-0.2, -0.15) is 0 Å². The SMILES string of the molecule is O=C(O)COC1CCN(C(=O)c2c(F)cccc2F)CC1. The van der Waals surface area contributed by atoms with E-state index in [1.807, 2.05) is 0 Å². The van der Waals surface area contributed by atoms with Crippen molar-refractivity contribution in [3.63, 3.8) is 0 Å². The molecule has 0 saturated carbocycles. The Balaban J connectivity index is 1.96. The smallest absolute Gasteiger partial charge is 0.329 e. The summed E-state index contributed by atoms with van der Waals surface area (Å²) in [4.78, 5) is 23.9. The lowest BCUT2D eigenvalue weighted by atomic mass is 10.1. The average Bonchev–Trinajstić information content (AvgIpc) is 2.45. The molecule has 1 aliphatic rings. The highest BCUT2D eigenvalue weighted by Crippen LogP contribution is 2.19. The second kappa shape index (κ2) is 6.62. The number of nitrogens with zero attached hydrogens (tertiary/aromatic N) is 1. The summed E-state index contributed by atoms with van der Waals surface area (Å²) in [6, 6.07) is 3.28. The van der Waals surface area contributed by atoms with Gasteiger partial charge < -0.3 is 14.7 Å². The van der Waals surface area contributed by atoms with E-state index in [0.29, 0.717) is 12.8 Å². The van der Waals surface area contributed by atoms with E-state index in [0.717, 1.165) is 12.1 Å². The molecule has 1 aromatic rings. The normalized spacial score (nSPS) is 16.0. The number of carbonyl (C=O) groups excluding carboxylic acids is 1. The topological polar surface area (TPSA) is 66.8 Å². The van der Waals surface area contributed by atoms with E-state index < -0.39 is 29.1 Å². The van der Waals surface area contributed by atoms with Crippen LogP contribution in [0.4, 0.5) is 8.78 Å². The first kappa shape index (κ1) is 15.4. The number of hydrogen-bond donors (Lipinski definition) is 1. The molecule has 0 spiro atoms. The molecule has 1 saturated heterocycles. The van der Waals surface area contributed by atoms with Gasteiger partial charge in [-0.3, -0.25) is 4.79 Å². The first-order valence-electron chi connectivity index (χ1n) is 6.55. The number of aliphatic carboxylic acids is 1. The van der Waals surface area contributed by atoms with Crippen LogP contribution >= 0.6 is 0 Å². The van der Waals surface area contributed by atoms with Crippen molar-refractivity contribution < 1.29 is 28.2 Å². The minimum Gasteiger partial charge on any atom is -0.480 e. The monoisotopic (exact) mass is 299 g/mol. The summed E-state index contributed by atoms with van der Waals surface area (Å²) in [5.41, 5.74) is -0.553. The third-order valence-corrected chi connectivity index (χ3v) is 3.35. The van der Waals surface area contributed by atoms with Gasteiger partial charge >= 0.3 is 5.97 Å². The Morgan fingerprint density at radius 2 is 1.81 bits per heavy atom. The van der Waals surface area contributed by atoms with Crippen molar-refractivity contribution in [2.75, 3.05) is 19.7 Å². The molecule has 0 aromatic heterocycles. The summed E-state index contributed by atoms with van der Waals surface area (Å²) in [5, 5.41) is 8.52. The number of carboxylic acid groups (broad SMARTS) is 1. The largest absolute Gasteiger partial charge is 0.480 e. The number of carboxylic acids is 1. The van der Waals surface area contributed by atoms with Crippen molar-refractivity contribution in [2.24, 2.45) is 0 Å². The molecular weight excluding hydrogens is 284 g/mol. The average molecular weight is 299 g/mol. The third-order valence-electron chi connectivity index (χ3n) is 3.35. The lowest BCUT2D eigenvalue weighted by molar-refractivity contribution is -0.145. The Bertz CT molecular complexity index is 522. The number of likely N-dealkylation sites (tertiary alicyclic amines) is 1. The second-order valence-corrected chi connectivity index (χ2v) is 4.79. The van der Waals surface area contributed by atoms with E-state index in [1.165, 1.54) is 11.0 Å². The van der Waals surface area contributed by atoms with Crippen LogP contribution in [0, 0.1) is 11.6 Å². The summed E-state index contributed by atoms with van der Waals surface area (Å²) in [7, 11) is 0. The quantitative estimate of drug-likeness (QED) is 0.918. The Morgan fingerprint density at radius 3 is 2.33 bits per heavy atom. The van der Waals surface area contributed by atoms with Gasteiger partial charge in [0.2, 0.25) is 0 Å². The molecule has 0 bridgehead atoms. The van der Waals surface area contributed by atoms with E-state index in [4.69, 9.17) is 9.84 Å². The van der Waals surface area contributed by atoms with E-state index in [-0.39, 0.29) is 25.8 Å². The molecule has 0 unspecified atom stereocenters. The van der Waals surface area contributed by atoms with E-state index in [9.17, 15) is 18.4 Å². The molecular formula is C14H15F2NO4. The van der Waals surface area contributed by atoms with Crippen molar-refractivity contribution in [1.29, 1.82) is 0 Å². The first-order valence-corrected chi connectivity index (χ1v) is 6.55. The molecule has 1 aliphatic heterocycles. The summed E-state index contributed by atoms with van der Waals surface area (Å²) in [6.45, 7) is 0.161. The van der Waals surface area contributed by atoms with Crippen LogP contribution in [0.25, 0.3) is 0 Å². The number of rotatable bonds is 4. The van der Waals surface area contributed by atoms with Gasteiger partial charge in [0.25, 0.3) is 5.91 Å². The third kappa shape index (κ3) is 3.75. The number of carbonyl (C=O) groups is 2. The molecule has 2 rings (SSSR count). The maximum absolute atomic E-state index is 13.6. The highest BCUT2D eigenvalue weighted by molar-refractivity contribution is 5.94. The van der Waals surface area contributed by atoms with Gasteiger partial charge in [0.1, 0.15) is 23.8 Å². The van der Waals surface area contributed by atoms with Gasteiger partial charge in [0.05, 0.1) is 6.10 Å². The van der Waals surface area contributed by atoms with Crippen molar-refractivity contribution >= 4 is 11.9 Å². The molecule has 114 valence electrons. The molecule has 0 aliphatic carbocycles. The molecule has 1 heterocycles. The maximum atomic E-state index is 13.6. The van der Waals surface area contributed by atoms with Crippen LogP contribution in [0.5, 0.6) is 0 Å². The molecule has 21 heavy (non-hydrogen) atoms. The lowest BCUT2D eigenvalue weighted by Gasteiger charge is -2.31. The predicted molar refractivity (Wildman–Crippen MR) is 68.9 cm³/mol.